The van der Waals surface area contributed by atoms with Crippen molar-refractivity contribution in [3.8, 4) is 0 Å². The predicted octanol–water partition coefficient (Wildman–Crippen LogP) is 2.57. The van der Waals surface area contributed by atoms with Crippen molar-refractivity contribution in [1.29, 1.82) is 0 Å². The van der Waals surface area contributed by atoms with Gasteiger partial charge in [0.05, 0.1) is 11.2 Å². The van der Waals surface area contributed by atoms with E-state index in [0.29, 0.717) is 0 Å². The lowest BCUT2D eigenvalue weighted by atomic mass is 9.92. The third-order valence-corrected chi connectivity index (χ3v) is 2.44. The predicted molar refractivity (Wildman–Crippen MR) is 59.6 cm³/mol. The molecule has 1 N–H and O–H groups in total. The fourth-order valence-corrected chi connectivity index (χ4v) is 1.93. The van der Waals surface area contributed by atoms with E-state index in [0.717, 1.165) is 10.7 Å². The Morgan fingerprint density at radius 2 is 2.29 bits per heavy atom. The van der Waals surface area contributed by atoms with Gasteiger partial charge in [-0.05, 0) is 6.08 Å². The van der Waals surface area contributed by atoms with E-state index < -0.39 is 0 Å². The van der Waals surface area contributed by atoms with Gasteiger partial charge >= 0.3 is 0 Å². The monoisotopic (exact) mass is 210 g/mol. The first-order chi connectivity index (χ1) is 6.45. The van der Waals surface area contributed by atoms with Gasteiger partial charge in [-0.15, -0.1) is 11.3 Å². The van der Waals surface area contributed by atoms with E-state index >= 15 is 0 Å². The van der Waals surface area contributed by atoms with Crippen LogP contribution in [0, 0.1) is 0 Å². The number of anilines is 1. The van der Waals surface area contributed by atoms with Crippen molar-refractivity contribution in [2.45, 2.75) is 26.2 Å². The molecule has 0 aliphatic heterocycles. The maximum absolute atomic E-state index is 11.1. The number of hydrogen-bond donors (Lipinski definition) is 1. The summed E-state index contributed by atoms with van der Waals surface area (Å²) in [6.07, 6.45) is 1.26. The minimum absolute atomic E-state index is 0.0518. The van der Waals surface area contributed by atoms with Crippen molar-refractivity contribution in [3.63, 3.8) is 0 Å². The van der Waals surface area contributed by atoms with Crippen molar-refractivity contribution in [2.24, 2.45) is 0 Å². The summed E-state index contributed by atoms with van der Waals surface area (Å²) in [6, 6.07) is 0. The van der Waals surface area contributed by atoms with Crippen LogP contribution in [0.5, 0.6) is 0 Å². The lowest BCUT2D eigenvalue weighted by Crippen LogP contribution is -2.16. The SMILES string of the molecule is C=CC(=O)Nc1scnc1C(C)(C)C. The average molecular weight is 210 g/mol. The lowest BCUT2D eigenvalue weighted by molar-refractivity contribution is -0.111. The minimum atomic E-state index is -0.195. The van der Waals surface area contributed by atoms with Crippen LogP contribution in [0.2, 0.25) is 0 Å². The average Bonchev–Trinajstić information content (AvgIpc) is 2.51. The third kappa shape index (κ3) is 2.42. The molecule has 0 atom stereocenters. The van der Waals surface area contributed by atoms with Crippen LogP contribution in [-0.4, -0.2) is 10.9 Å². The van der Waals surface area contributed by atoms with Gasteiger partial charge in [-0.2, -0.15) is 0 Å². The minimum Gasteiger partial charge on any atom is -0.313 e. The Labute approximate surface area is 87.9 Å². The molecule has 14 heavy (non-hydrogen) atoms. The quantitative estimate of drug-likeness (QED) is 0.762. The summed E-state index contributed by atoms with van der Waals surface area (Å²) in [5, 5.41) is 3.55. The number of nitrogens with zero attached hydrogens (tertiary/aromatic N) is 1. The number of rotatable bonds is 2. The second-order valence-corrected chi connectivity index (χ2v) is 4.83. The van der Waals surface area contributed by atoms with E-state index in [1.54, 1.807) is 5.51 Å². The van der Waals surface area contributed by atoms with Crippen molar-refractivity contribution in [2.75, 3.05) is 5.32 Å². The summed E-state index contributed by atoms with van der Waals surface area (Å²) in [6.45, 7) is 9.59. The standard InChI is InChI=1S/C10H14N2OS/c1-5-7(13)12-9-8(10(2,3)4)11-6-14-9/h5-6H,1H2,2-4H3,(H,12,13). The summed E-state index contributed by atoms with van der Waals surface area (Å²) in [5.41, 5.74) is 2.60. The third-order valence-electron chi connectivity index (χ3n) is 1.70. The van der Waals surface area contributed by atoms with Crippen molar-refractivity contribution < 1.29 is 4.79 Å². The molecule has 1 aromatic heterocycles. The number of hydrogen-bond acceptors (Lipinski definition) is 3. The van der Waals surface area contributed by atoms with E-state index in [4.69, 9.17) is 0 Å². The molecule has 0 bridgehead atoms. The van der Waals surface area contributed by atoms with Crippen LogP contribution in [-0.2, 0) is 10.2 Å². The van der Waals surface area contributed by atoms with Gasteiger partial charge in [0.2, 0.25) is 5.91 Å². The van der Waals surface area contributed by atoms with Crippen LogP contribution in [0.1, 0.15) is 26.5 Å². The van der Waals surface area contributed by atoms with E-state index in [-0.39, 0.29) is 11.3 Å². The largest absolute Gasteiger partial charge is 0.313 e. The van der Waals surface area contributed by atoms with Crippen LogP contribution in [0.3, 0.4) is 0 Å². The van der Waals surface area contributed by atoms with E-state index in [1.165, 1.54) is 17.4 Å². The summed E-state index contributed by atoms with van der Waals surface area (Å²) in [5.74, 6) is -0.195. The molecule has 1 rings (SSSR count). The van der Waals surface area contributed by atoms with Gasteiger partial charge in [-0.3, -0.25) is 4.79 Å². The van der Waals surface area contributed by atoms with Crippen molar-refractivity contribution in [3.05, 3.63) is 23.9 Å². The number of carbonyl (C=O) groups is 1. The second kappa shape index (κ2) is 3.92. The Morgan fingerprint density at radius 1 is 1.64 bits per heavy atom. The highest BCUT2D eigenvalue weighted by molar-refractivity contribution is 7.14. The molecule has 76 valence electrons. The Bertz CT molecular complexity index is 349. The van der Waals surface area contributed by atoms with Crippen LogP contribution in [0.4, 0.5) is 5.00 Å². The first kappa shape index (κ1) is 10.9. The Hall–Kier alpha value is -1.16. The zero-order valence-corrected chi connectivity index (χ0v) is 9.44. The first-order valence-electron chi connectivity index (χ1n) is 4.32. The highest BCUT2D eigenvalue weighted by Crippen LogP contribution is 2.31. The van der Waals surface area contributed by atoms with Gasteiger partial charge in [0.15, 0.2) is 0 Å². The van der Waals surface area contributed by atoms with Gasteiger partial charge < -0.3 is 5.32 Å². The highest BCUT2D eigenvalue weighted by Gasteiger charge is 2.21. The number of amides is 1. The number of nitrogens with one attached hydrogen (secondary N) is 1. The highest BCUT2D eigenvalue weighted by atomic mass is 32.1. The molecule has 0 radical (unpaired) electrons. The molecule has 0 saturated carbocycles. The number of aromatic nitrogens is 1. The fourth-order valence-electron chi connectivity index (χ4n) is 1.03. The molecular weight excluding hydrogens is 196 g/mol. The van der Waals surface area contributed by atoms with E-state index in [9.17, 15) is 4.79 Å². The molecule has 4 heteroatoms. The molecule has 0 fully saturated rings. The molecule has 1 amide bonds. The van der Waals surface area contributed by atoms with Crippen LogP contribution in [0.25, 0.3) is 0 Å². The van der Waals surface area contributed by atoms with Crippen LogP contribution in [0.15, 0.2) is 18.2 Å². The van der Waals surface area contributed by atoms with Gasteiger partial charge in [0, 0.05) is 5.41 Å². The lowest BCUT2D eigenvalue weighted by Gasteiger charge is -2.17. The topological polar surface area (TPSA) is 42.0 Å². The molecule has 0 unspecified atom stereocenters. The normalized spacial score (nSPS) is 11.1. The zero-order valence-electron chi connectivity index (χ0n) is 8.63. The fraction of sp³-hybridized carbons (Fsp3) is 0.400. The molecule has 1 heterocycles. The Balaban J connectivity index is 2.94. The molecular formula is C10H14N2OS. The first-order valence-corrected chi connectivity index (χ1v) is 5.20. The van der Waals surface area contributed by atoms with E-state index in [2.05, 4.69) is 37.7 Å². The van der Waals surface area contributed by atoms with Gasteiger partial charge in [-0.25, -0.2) is 4.98 Å². The molecule has 3 nitrogen and oxygen atoms in total. The molecule has 0 spiro atoms. The molecule has 1 aromatic rings. The molecule has 0 aromatic carbocycles. The van der Waals surface area contributed by atoms with Gasteiger partial charge in [0.1, 0.15) is 5.00 Å². The molecule has 0 aliphatic carbocycles. The molecule has 0 saturated heterocycles. The second-order valence-electron chi connectivity index (χ2n) is 3.97. The van der Waals surface area contributed by atoms with E-state index in [1.807, 2.05) is 0 Å². The molecule has 0 aliphatic rings. The summed E-state index contributed by atoms with van der Waals surface area (Å²) < 4.78 is 0. The Morgan fingerprint density at radius 3 is 2.79 bits per heavy atom. The number of thiazole rings is 1. The number of carbonyl (C=O) groups excluding carboxylic acids is 1. The summed E-state index contributed by atoms with van der Waals surface area (Å²) in [4.78, 5) is 15.4. The van der Waals surface area contributed by atoms with Crippen LogP contribution >= 0.6 is 11.3 Å². The summed E-state index contributed by atoms with van der Waals surface area (Å²) in [7, 11) is 0. The van der Waals surface area contributed by atoms with Crippen LogP contribution < -0.4 is 5.32 Å². The Kier molecular flexibility index (Phi) is 3.06. The maximum atomic E-state index is 11.1. The summed E-state index contributed by atoms with van der Waals surface area (Å²) >= 11 is 1.43. The van der Waals surface area contributed by atoms with Gasteiger partial charge in [0.25, 0.3) is 0 Å². The zero-order chi connectivity index (χ0) is 10.8. The van der Waals surface area contributed by atoms with Crippen molar-refractivity contribution >= 4 is 22.2 Å². The maximum Gasteiger partial charge on any atom is 0.248 e. The smallest absolute Gasteiger partial charge is 0.248 e. The van der Waals surface area contributed by atoms with Gasteiger partial charge in [-0.1, -0.05) is 27.4 Å². The van der Waals surface area contributed by atoms with Crippen molar-refractivity contribution in [1.82, 2.24) is 4.98 Å².